The van der Waals surface area contributed by atoms with E-state index in [4.69, 9.17) is 9.31 Å². The summed E-state index contributed by atoms with van der Waals surface area (Å²) in [5.41, 5.74) is 6.30. The summed E-state index contributed by atoms with van der Waals surface area (Å²) >= 11 is 0. The molecule has 0 aliphatic carbocycles. The molecule has 2 rings (SSSR count). The van der Waals surface area contributed by atoms with Crippen molar-refractivity contribution in [1.29, 1.82) is 0 Å². The molecule has 0 radical (unpaired) electrons. The summed E-state index contributed by atoms with van der Waals surface area (Å²) in [4.78, 5) is 0. The van der Waals surface area contributed by atoms with Gasteiger partial charge in [-0.2, -0.15) is 0 Å². The molecule has 3 N–H and O–H groups in total. The molecule has 0 unspecified atom stereocenters. The lowest BCUT2D eigenvalue weighted by molar-refractivity contribution is -0.254. The van der Waals surface area contributed by atoms with E-state index in [1.165, 1.54) is 0 Å². The summed E-state index contributed by atoms with van der Waals surface area (Å²) in [6, 6.07) is 5.94. The molecule has 3 nitrogen and oxygen atoms in total. The molecule has 96 valence electrons. The maximum Gasteiger partial charge on any atom is 0.495 e. The maximum absolute atomic E-state index is 6.05. The van der Waals surface area contributed by atoms with Crippen molar-refractivity contribution in [3.05, 3.63) is 30.3 Å². The van der Waals surface area contributed by atoms with Gasteiger partial charge in [-0.3, -0.25) is 0 Å². The molecule has 1 aliphatic heterocycles. The average molecular weight is 246 g/mol. The molecular weight excluding hydrogens is 225 g/mol. The summed E-state index contributed by atoms with van der Waals surface area (Å²) in [5, 5.41) is 0. The Labute approximate surface area is 109 Å². The van der Waals surface area contributed by atoms with Crippen molar-refractivity contribution >= 4 is 24.3 Å². The van der Waals surface area contributed by atoms with Crippen molar-refractivity contribution in [2.75, 3.05) is 0 Å². The SMILES string of the molecule is C=Cc1c([NH3+])cccc1B1OC(C)(C)C(C)(C)O1. The zero-order valence-electron chi connectivity index (χ0n) is 11.6. The zero-order chi connectivity index (χ0) is 13.6. The van der Waals surface area contributed by atoms with Crippen molar-refractivity contribution in [1.82, 2.24) is 0 Å². The summed E-state index contributed by atoms with van der Waals surface area (Å²) in [6.07, 6.45) is 1.81. The first-order valence-electron chi connectivity index (χ1n) is 6.21. The highest BCUT2D eigenvalue weighted by molar-refractivity contribution is 6.63. The van der Waals surface area contributed by atoms with E-state index in [2.05, 4.69) is 40.0 Å². The van der Waals surface area contributed by atoms with Gasteiger partial charge < -0.3 is 15.0 Å². The van der Waals surface area contributed by atoms with Crippen LogP contribution in [0.1, 0.15) is 33.3 Å². The Morgan fingerprint density at radius 1 is 1.17 bits per heavy atom. The van der Waals surface area contributed by atoms with E-state index in [9.17, 15) is 0 Å². The fraction of sp³-hybridized carbons (Fsp3) is 0.429. The molecule has 0 spiro atoms. The minimum absolute atomic E-state index is 0.326. The Balaban J connectivity index is 2.41. The predicted octanol–water partition coefficient (Wildman–Crippen LogP) is 1.50. The third-order valence-electron chi connectivity index (χ3n) is 3.94. The van der Waals surface area contributed by atoms with Crippen LogP contribution in [0, 0.1) is 0 Å². The summed E-state index contributed by atoms with van der Waals surface area (Å²) in [6.45, 7) is 12.0. The smallest absolute Gasteiger partial charge is 0.399 e. The van der Waals surface area contributed by atoms with E-state index in [0.717, 1.165) is 16.7 Å². The van der Waals surface area contributed by atoms with E-state index < -0.39 is 0 Å². The Kier molecular flexibility index (Phi) is 3.13. The Hall–Kier alpha value is -1.10. The second-order valence-electron chi connectivity index (χ2n) is 5.71. The predicted molar refractivity (Wildman–Crippen MR) is 74.8 cm³/mol. The van der Waals surface area contributed by atoms with Crippen LogP contribution in [0.25, 0.3) is 6.08 Å². The maximum atomic E-state index is 6.05. The van der Waals surface area contributed by atoms with Gasteiger partial charge in [0.25, 0.3) is 0 Å². The summed E-state index contributed by atoms with van der Waals surface area (Å²) in [7, 11) is -0.357. The van der Waals surface area contributed by atoms with Gasteiger partial charge >= 0.3 is 7.12 Å². The minimum Gasteiger partial charge on any atom is -0.399 e. The molecule has 0 atom stereocenters. The molecule has 1 saturated heterocycles. The van der Waals surface area contributed by atoms with Gasteiger partial charge in [0, 0.05) is 5.56 Å². The van der Waals surface area contributed by atoms with Gasteiger partial charge in [0.1, 0.15) is 5.69 Å². The van der Waals surface area contributed by atoms with Gasteiger partial charge in [-0.15, -0.1) is 0 Å². The third-order valence-corrected chi connectivity index (χ3v) is 3.94. The van der Waals surface area contributed by atoms with Gasteiger partial charge in [-0.25, -0.2) is 0 Å². The van der Waals surface area contributed by atoms with Crippen molar-refractivity contribution in [3.63, 3.8) is 0 Å². The van der Waals surface area contributed by atoms with E-state index in [-0.39, 0.29) is 18.3 Å². The van der Waals surface area contributed by atoms with E-state index in [1.54, 1.807) is 0 Å². The fourth-order valence-corrected chi connectivity index (χ4v) is 2.06. The van der Waals surface area contributed by atoms with Gasteiger partial charge in [-0.05, 0) is 39.2 Å². The van der Waals surface area contributed by atoms with Gasteiger partial charge in [0.05, 0.1) is 11.2 Å². The summed E-state index contributed by atoms with van der Waals surface area (Å²) < 4.78 is 12.1. The fourth-order valence-electron chi connectivity index (χ4n) is 2.06. The van der Waals surface area contributed by atoms with Crippen molar-refractivity contribution in [2.45, 2.75) is 38.9 Å². The van der Waals surface area contributed by atoms with E-state index in [1.807, 2.05) is 24.3 Å². The van der Waals surface area contributed by atoms with Gasteiger partial charge in [0.15, 0.2) is 0 Å². The van der Waals surface area contributed by atoms with Crippen LogP contribution < -0.4 is 11.2 Å². The molecule has 1 heterocycles. The van der Waals surface area contributed by atoms with E-state index >= 15 is 0 Å². The van der Waals surface area contributed by atoms with Crippen LogP contribution in [0.4, 0.5) is 5.69 Å². The molecule has 4 heteroatoms. The molecule has 0 amide bonds. The number of quaternary nitrogens is 1. The normalized spacial score (nSPS) is 21.1. The standard InChI is InChI=1S/C14H20BNO2/c1-6-10-11(8-7-9-12(10)16)15-17-13(2,3)14(4,5)18-15/h6-9H,1,16H2,2-5H3/p+1. The van der Waals surface area contributed by atoms with Crippen LogP contribution >= 0.6 is 0 Å². The van der Waals surface area contributed by atoms with Crippen LogP contribution in [0.2, 0.25) is 0 Å². The molecule has 1 aromatic carbocycles. The Bertz CT molecular complexity index is 467. The molecule has 1 aliphatic rings. The minimum atomic E-state index is -0.357. The average Bonchev–Trinajstić information content (AvgIpc) is 2.47. The molecule has 0 bridgehead atoms. The highest BCUT2D eigenvalue weighted by Gasteiger charge is 2.52. The van der Waals surface area contributed by atoms with Gasteiger partial charge in [-0.1, -0.05) is 24.8 Å². The highest BCUT2D eigenvalue weighted by Crippen LogP contribution is 2.36. The molecule has 18 heavy (non-hydrogen) atoms. The third kappa shape index (κ3) is 2.01. The lowest BCUT2D eigenvalue weighted by atomic mass is 9.75. The molecule has 0 saturated carbocycles. The number of benzene rings is 1. The summed E-state index contributed by atoms with van der Waals surface area (Å²) in [5.74, 6) is 0. The molecule has 1 aromatic rings. The topological polar surface area (TPSA) is 46.1 Å². The van der Waals surface area contributed by atoms with Crippen LogP contribution in [0.15, 0.2) is 24.8 Å². The monoisotopic (exact) mass is 246 g/mol. The highest BCUT2D eigenvalue weighted by atomic mass is 16.7. The lowest BCUT2D eigenvalue weighted by Crippen LogP contribution is -2.45. The Morgan fingerprint density at radius 3 is 2.22 bits per heavy atom. The van der Waals surface area contributed by atoms with E-state index in [0.29, 0.717) is 0 Å². The van der Waals surface area contributed by atoms with Crippen LogP contribution in [-0.4, -0.2) is 18.3 Å². The Morgan fingerprint density at radius 2 is 1.72 bits per heavy atom. The largest absolute Gasteiger partial charge is 0.495 e. The number of rotatable bonds is 2. The number of hydrogen-bond donors (Lipinski definition) is 1. The second-order valence-corrected chi connectivity index (χ2v) is 5.71. The number of hydrogen-bond acceptors (Lipinski definition) is 2. The second kappa shape index (κ2) is 4.23. The lowest BCUT2D eigenvalue weighted by Gasteiger charge is -2.32. The first-order valence-corrected chi connectivity index (χ1v) is 6.21. The zero-order valence-corrected chi connectivity index (χ0v) is 11.6. The van der Waals surface area contributed by atoms with Crippen molar-refractivity contribution in [2.24, 2.45) is 0 Å². The molecular formula is C14H21BNO2+. The van der Waals surface area contributed by atoms with Crippen LogP contribution in [0.3, 0.4) is 0 Å². The van der Waals surface area contributed by atoms with Gasteiger partial charge in [0.2, 0.25) is 0 Å². The van der Waals surface area contributed by atoms with Crippen molar-refractivity contribution < 1.29 is 15.0 Å². The van der Waals surface area contributed by atoms with Crippen LogP contribution in [0.5, 0.6) is 0 Å². The molecule has 0 aromatic heterocycles. The van der Waals surface area contributed by atoms with Crippen LogP contribution in [-0.2, 0) is 9.31 Å². The quantitative estimate of drug-likeness (QED) is 0.804. The molecule has 1 fully saturated rings. The first kappa shape index (κ1) is 13.3. The van der Waals surface area contributed by atoms with Crippen molar-refractivity contribution in [3.8, 4) is 0 Å². The first-order chi connectivity index (χ1) is 8.28.